The number of benzene rings is 1. The van der Waals surface area contributed by atoms with Gasteiger partial charge in [-0.2, -0.15) is 0 Å². The summed E-state index contributed by atoms with van der Waals surface area (Å²) in [5.74, 6) is -0.723. The molecule has 0 spiro atoms. The number of nitrogens with one attached hydrogen (secondary N) is 2. The van der Waals surface area contributed by atoms with E-state index < -0.39 is 29.7 Å². The molecule has 1 aliphatic rings. The number of halogens is 1. The summed E-state index contributed by atoms with van der Waals surface area (Å²) < 4.78 is 7.72. The number of aromatic nitrogens is 3. The van der Waals surface area contributed by atoms with E-state index in [1.54, 1.807) is 50.7 Å². The van der Waals surface area contributed by atoms with Crippen molar-refractivity contribution < 1.29 is 19.1 Å². The number of amides is 3. The van der Waals surface area contributed by atoms with Crippen LogP contribution in [-0.4, -0.2) is 57.1 Å². The van der Waals surface area contributed by atoms with Crippen LogP contribution >= 0.6 is 15.9 Å². The zero-order chi connectivity index (χ0) is 25.0. The van der Waals surface area contributed by atoms with Gasteiger partial charge in [-0.25, -0.2) is 9.48 Å². The third kappa shape index (κ3) is 5.94. The highest BCUT2D eigenvalue weighted by atomic mass is 79.9. The number of ether oxygens (including phenoxy) is 1. The van der Waals surface area contributed by atoms with E-state index >= 15 is 0 Å². The van der Waals surface area contributed by atoms with Gasteiger partial charge in [0.2, 0.25) is 5.91 Å². The molecule has 0 radical (unpaired) electrons. The molecule has 11 heteroatoms. The van der Waals surface area contributed by atoms with Gasteiger partial charge < -0.3 is 15.4 Å². The minimum absolute atomic E-state index is 0.126. The first kappa shape index (κ1) is 25.7. The van der Waals surface area contributed by atoms with Gasteiger partial charge >= 0.3 is 6.09 Å². The molecular formula is C23H31BrN6O4. The van der Waals surface area contributed by atoms with Crippen LogP contribution in [0.15, 0.2) is 28.9 Å². The lowest BCUT2D eigenvalue weighted by molar-refractivity contribution is -0.127. The van der Waals surface area contributed by atoms with Crippen molar-refractivity contribution >= 4 is 39.5 Å². The molecule has 1 aliphatic heterocycles. The Kier molecular flexibility index (Phi) is 7.96. The highest BCUT2D eigenvalue weighted by Gasteiger charge is 2.38. The van der Waals surface area contributed by atoms with Crippen LogP contribution in [0.3, 0.4) is 0 Å². The summed E-state index contributed by atoms with van der Waals surface area (Å²) in [5.41, 5.74) is 0.979. The summed E-state index contributed by atoms with van der Waals surface area (Å²) in [5, 5.41) is 13.8. The quantitative estimate of drug-likeness (QED) is 0.549. The number of rotatable bonds is 6. The molecule has 1 aromatic heterocycles. The number of alkyl carbamates (subject to hydrolysis) is 1. The molecule has 184 valence electrons. The van der Waals surface area contributed by atoms with Crippen molar-refractivity contribution in [1.82, 2.24) is 25.6 Å². The van der Waals surface area contributed by atoms with Gasteiger partial charge in [0.1, 0.15) is 17.7 Å². The highest BCUT2D eigenvalue weighted by Crippen LogP contribution is 2.33. The first-order valence-electron chi connectivity index (χ1n) is 11.3. The second-order valence-electron chi connectivity index (χ2n) is 9.20. The molecule has 2 atom stereocenters. The molecule has 2 aromatic rings. The fraction of sp³-hybridized carbons (Fsp3) is 0.522. The van der Waals surface area contributed by atoms with Crippen LogP contribution < -0.4 is 15.5 Å². The second kappa shape index (κ2) is 10.5. The van der Waals surface area contributed by atoms with Crippen LogP contribution in [-0.2, 0) is 20.7 Å². The molecule has 0 aliphatic carbocycles. The Balaban J connectivity index is 2.05. The van der Waals surface area contributed by atoms with Crippen LogP contribution in [0.4, 0.5) is 10.5 Å². The summed E-state index contributed by atoms with van der Waals surface area (Å²) in [6.07, 6.45) is 2.73. The van der Waals surface area contributed by atoms with Crippen LogP contribution in [0.25, 0.3) is 5.69 Å². The Hall–Kier alpha value is -2.95. The van der Waals surface area contributed by atoms with Gasteiger partial charge in [-0.1, -0.05) is 34.5 Å². The van der Waals surface area contributed by atoms with Gasteiger partial charge in [-0.15, -0.1) is 5.10 Å². The number of fused-ring (bicyclic) bond motifs is 3. The molecule has 3 rings (SSSR count). The third-order valence-electron chi connectivity index (χ3n) is 5.28. The molecule has 0 bridgehead atoms. The SMILES string of the molecule is CCCCNC(=O)C(C)N1C(=O)[C@@H](NC(=O)OC(C)(C)C)Cc2cnnn2-c2ccc(Br)cc21. The molecule has 0 saturated heterocycles. The molecule has 1 unspecified atom stereocenters. The van der Waals surface area contributed by atoms with E-state index in [9.17, 15) is 14.4 Å². The molecule has 0 fully saturated rings. The minimum Gasteiger partial charge on any atom is -0.444 e. The molecule has 3 amide bonds. The topological polar surface area (TPSA) is 118 Å². The van der Waals surface area contributed by atoms with E-state index in [0.29, 0.717) is 23.6 Å². The monoisotopic (exact) mass is 534 g/mol. The second-order valence-corrected chi connectivity index (χ2v) is 10.1. The Morgan fingerprint density at radius 3 is 2.71 bits per heavy atom. The van der Waals surface area contributed by atoms with Gasteiger partial charge in [0, 0.05) is 17.4 Å². The van der Waals surface area contributed by atoms with E-state index in [-0.39, 0.29) is 12.3 Å². The number of hydrogen-bond donors (Lipinski definition) is 2. The predicted octanol–water partition coefficient (Wildman–Crippen LogP) is 3.12. The van der Waals surface area contributed by atoms with Crippen molar-refractivity contribution in [2.75, 3.05) is 11.4 Å². The van der Waals surface area contributed by atoms with Crippen molar-refractivity contribution in [2.45, 2.75) is 71.6 Å². The molecule has 0 saturated carbocycles. The largest absolute Gasteiger partial charge is 0.444 e. The van der Waals surface area contributed by atoms with Crippen molar-refractivity contribution in [3.63, 3.8) is 0 Å². The minimum atomic E-state index is -0.995. The van der Waals surface area contributed by atoms with E-state index in [1.807, 2.05) is 13.0 Å². The summed E-state index contributed by atoms with van der Waals surface area (Å²) in [6.45, 7) is 9.45. The Morgan fingerprint density at radius 1 is 1.29 bits per heavy atom. The zero-order valence-electron chi connectivity index (χ0n) is 20.1. The number of unbranched alkanes of at least 4 members (excludes halogenated alkanes) is 1. The number of hydrogen-bond acceptors (Lipinski definition) is 6. The van der Waals surface area contributed by atoms with Crippen LogP contribution in [0.2, 0.25) is 0 Å². The maximum Gasteiger partial charge on any atom is 0.408 e. The Morgan fingerprint density at radius 2 is 2.03 bits per heavy atom. The van der Waals surface area contributed by atoms with Crippen molar-refractivity contribution in [1.29, 1.82) is 0 Å². The summed E-state index contributed by atoms with van der Waals surface area (Å²) >= 11 is 3.47. The standard InChI is InChI=1S/C23H31BrN6O4/c1-6-7-10-25-20(31)14(2)29-19-11-15(24)8-9-18(19)30-16(13-26-28-30)12-17(21(29)32)27-22(33)34-23(3,4)5/h8-9,11,13-14,17H,6-7,10,12H2,1-5H3,(H,25,31)(H,27,33)/t14?,17-/m0/s1. The molecule has 2 N–H and O–H groups in total. The average Bonchev–Trinajstić information content (AvgIpc) is 3.19. The Bertz CT molecular complexity index is 1060. The third-order valence-corrected chi connectivity index (χ3v) is 5.77. The zero-order valence-corrected chi connectivity index (χ0v) is 21.7. The van der Waals surface area contributed by atoms with E-state index in [1.165, 1.54) is 4.90 Å². The smallest absolute Gasteiger partial charge is 0.408 e. The lowest BCUT2D eigenvalue weighted by Gasteiger charge is -2.35. The fourth-order valence-corrected chi connectivity index (χ4v) is 4.01. The van der Waals surface area contributed by atoms with E-state index in [2.05, 4.69) is 36.9 Å². The number of carbonyl (C=O) groups is 3. The maximum atomic E-state index is 13.9. The number of anilines is 1. The predicted molar refractivity (Wildman–Crippen MR) is 131 cm³/mol. The fourth-order valence-electron chi connectivity index (χ4n) is 3.67. The molecule has 2 heterocycles. The molecular weight excluding hydrogens is 504 g/mol. The first-order chi connectivity index (χ1) is 16.0. The van der Waals surface area contributed by atoms with Gasteiger partial charge in [-0.05, 0) is 52.3 Å². The highest BCUT2D eigenvalue weighted by molar-refractivity contribution is 9.10. The lowest BCUT2D eigenvalue weighted by atomic mass is 10.0. The Labute approximate surface area is 207 Å². The molecule has 10 nitrogen and oxygen atoms in total. The normalized spacial score (nSPS) is 16.6. The van der Waals surface area contributed by atoms with Crippen molar-refractivity contribution in [3.8, 4) is 5.69 Å². The van der Waals surface area contributed by atoms with E-state index in [0.717, 1.165) is 17.3 Å². The number of nitrogens with zero attached hydrogens (tertiary/aromatic N) is 4. The van der Waals surface area contributed by atoms with Crippen molar-refractivity contribution in [3.05, 3.63) is 34.6 Å². The lowest BCUT2D eigenvalue weighted by Crippen LogP contribution is -2.57. The van der Waals surface area contributed by atoms with Gasteiger partial charge in [-0.3, -0.25) is 14.5 Å². The van der Waals surface area contributed by atoms with Gasteiger partial charge in [0.05, 0.1) is 23.3 Å². The summed E-state index contributed by atoms with van der Waals surface area (Å²) in [7, 11) is 0. The molecule has 34 heavy (non-hydrogen) atoms. The summed E-state index contributed by atoms with van der Waals surface area (Å²) in [6, 6.07) is 3.55. The average molecular weight is 535 g/mol. The van der Waals surface area contributed by atoms with Crippen LogP contribution in [0.1, 0.15) is 53.2 Å². The van der Waals surface area contributed by atoms with E-state index in [4.69, 9.17) is 4.74 Å². The first-order valence-corrected chi connectivity index (χ1v) is 12.1. The maximum absolute atomic E-state index is 13.9. The summed E-state index contributed by atoms with van der Waals surface area (Å²) in [4.78, 5) is 40.9. The number of carbonyl (C=O) groups excluding carboxylic acids is 3. The van der Waals surface area contributed by atoms with Crippen molar-refractivity contribution in [2.24, 2.45) is 0 Å². The molecule has 1 aromatic carbocycles. The van der Waals surface area contributed by atoms with Gasteiger partial charge in [0.25, 0.3) is 5.91 Å². The van der Waals surface area contributed by atoms with Gasteiger partial charge in [0.15, 0.2) is 0 Å². The van der Waals surface area contributed by atoms with Crippen LogP contribution in [0.5, 0.6) is 0 Å². The van der Waals surface area contributed by atoms with Crippen LogP contribution in [0, 0.1) is 0 Å².